The number of hydrogen-bond acceptors (Lipinski definition) is 7. The van der Waals surface area contributed by atoms with E-state index in [-0.39, 0.29) is 43.6 Å². The van der Waals surface area contributed by atoms with Gasteiger partial charge in [0.25, 0.3) is 0 Å². The van der Waals surface area contributed by atoms with Crippen molar-refractivity contribution in [2.45, 2.75) is 19.3 Å². The minimum Gasteiger partial charge on any atom is -0.466 e. The number of amides is 2. The van der Waals surface area contributed by atoms with Gasteiger partial charge in [-0.05, 0) is 12.0 Å². The van der Waals surface area contributed by atoms with Gasteiger partial charge in [0.2, 0.25) is 11.8 Å². The topological polar surface area (TPSA) is 102 Å². The molecule has 2 amide bonds. The van der Waals surface area contributed by atoms with Crippen molar-refractivity contribution >= 4 is 35.5 Å². The average Bonchev–Trinajstić information content (AvgIpc) is 3.05. The molecule has 1 aromatic rings. The first-order valence-corrected chi connectivity index (χ1v) is 10.2. The maximum Gasteiger partial charge on any atom is 0.333 e. The van der Waals surface area contributed by atoms with E-state index in [1.165, 1.54) is 29.8 Å². The Kier molecular flexibility index (Phi) is 9.23. The summed E-state index contributed by atoms with van der Waals surface area (Å²) >= 11 is 1.27. The van der Waals surface area contributed by atoms with Gasteiger partial charge in [0.1, 0.15) is 0 Å². The van der Waals surface area contributed by atoms with Crippen LogP contribution in [0.15, 0.2) is 41.4 Å². The standard InChI is InChI=1S/C20H24N2O6S/c1-27-20(26)13-18-22(17(24)14-29-18)10-5-11-28-19(25)8-9-21-16(23)12-15-6-3-2-4-7-15/h2-4,6-7,13H,5,8-12,14H2,1H3,(H,21,23)/b18-13+. The number of benzene rings is 1. The normalized spacial score (nSPS) is 14.7. The lowest BCUT2D eigenvalue weighted by Crippen LogP contribution is -2.28. The molecule has 0 aromatic heterocycles. The number of ether oxygens (including phenoxy) is 2. The molecule has 9 heteroatoms. The summed E-state index contributed by atoms with van der Waals surface area (Å²) in [6.07, 6.45) is 2.06. The van der Waals surface area contributed by atoms with Gasteiger partial charge >= 0.3 is 11.9 Å². The number of carbonyl (C=O) groups is 4. The van der Waals surface area contributed by atoms with E-state index in [0.29, 0.717) is 18.0 Å². The molecule has 0 bridgehead atoms. The molecule has 1 N–H and O–H groups in total. The lowest BCUT2D eigenvalue weighted by Gasteiger charge is -2.16. The zero-order valence-electron chi connectivity index (χ0n) is 16.2. The van der Waals surface area contributed by atoms with Gasteiger partial charge in [-0.3, -0.25) is 14.4 Å². The smallest absolute Gasteiger partial charge is 0.333 e. The summed E-state index contributed by atoms with van der Waals surface area (Å²) in [7, 11) is 1.27. The van der Waals surface area contributed by atoms with Crippen LogP contribution in [-0.4, -0.2) is 61.2 Å². The first-order chi connectivity index (χ1) is 14.0. The highest BCUT2D eigenvalue weighted by Crippen LogP contribution is 2.28. The van der Waals surface area contributed by atoms with Crippen LogP contribution in [0.3, 0.4) is 0 Å². The van der Waals surface area contributed by atoms with Crippen LogP contribution in [0.4, 0.5) is 0 Å². The van der Waals surface area contributed by atoms with Crippen LogP contribution in [0.1, 0.15) is 18.4 Å². The summed E-state index contributed by atoms with van der Waals surface area (Å²) in [6.45, 7) is 0.699. The summed E-state index contributed by atoms with van der Waals surface area (Å²) in [6, 6.07) is 9.34. The molecule has 0 saturated carbocycles. The average molecular weight is 420 g/mol. The largest absolute Gasteiger partial charge is 0.466 e. The van der Waals surface area contributed by atoms with Gasteiger partial charge in [0.05, 0.1) is 43.4 Å². The molecule has 29 heavy (non-hydrogen) atoms. The van der Waals surface area contributed by atoms with E-state index in [2.05, 4.69) is 10.1 Å². The minimum absolute atomic E-state index is 0.0759. The van der Waals surface area contributed by atoms with E-state index in [1.54, 1.807) is 0 Å². The molecule has 1 saturated heterocycles. The molecule has 156 valence electrons. The van der Waals surface area contributed by atoms with Crippen molar-refractivity contribution in [3.05, 3.63) is 47.0 Å². The van der Waals surface area contributed by atoms with Crippen molar-refractivity contribution < 1.29 is 28.7 Å². The number of nitrogens with zero attached hydrogens (tertiary/aromatic N) is 1. The van der Waals surface area contributed by atoms with E-state index in [0.717, 1.165) is 5.56 Å². The number of rotatable bonds is 10. The van der Waals surface area contributed by atoms with Crippen molar-refractivity contribution in [2.75, 3.05) is 32.6 Å². The fourth-order valence-corrected chi connectivity index (χ4v) is 3.51. The number of nitrogens with one attached hydrogen (secondary N) is 1. The Labute approximate surface area is 173 Å². The summed E-state index contributed by atoms with van der Waals surface area (Å²) in [4.78, 5) is 48.3. The summed E-state index contributed by atoms with van der Waals surface area (Å²) in [5.41, 5.74) is 0.905. The van der Waals surface area contributed by atoms with Gasteiger partial charge < -0.3 is 19.7 Å². The van der Waals surface area contributed by atoms with Gasteiger partial charge in [-0.25, -0.2) is 4.79 Å². The van der Waals surface area contributed by atoms with Crippen LogP contribution in [-0.2, 0) is 35.1 Å². The Morgan fingerprint density at radius 2 is 2.00 bits per heavy atom. The van der Waals surface area contributed by atoms with Crippen molar-refractivity contribution in [2.24, 2.45) is 0 Å². The molecule has 2 rings (SSSR count). The summed E-state index contributed by atoms with van der Waals surface area (Å²) < 4.78 is 9.70. The van der Waals surface area contributed by atoms with Gasteiger partial charge in [0, 0.05) is 13.1 Å². The third kappa shape index (κ3) is 7.98. The molecular weight excluding hydrogens is 396 g/mol. The van der Waals surface area contributed by atoms with Crippen LogP contribution in [0.5, 0.6) is 0 Å². The van der Waals surface area contributed by atoms with Gasteiger partial charge in [-0.2, -0.15) is 0 Å². The first-order valence-electron chi connectivity index (χ1n) is 9.18. The first kappa shape index (κ1) is 22.5. The maximum absolute atomic E-state index is 11.9. The molecule has 0 aliphatic carbocycles. The number of methoxy groups -OCH3 is 1. The molecule has 1 aliphatic rings. The SMILES string of the molecule is COC(=O)/C=C1/SCC(=O)N1CCCOC(=O)CCNC(=O)Cc1ccccc1. The van der Waals surface area contributed by atoms with Crippen LogP contribution >= 0.6 is 11.8 Å². The second-order valence-corrected chi connectivity index (χ2v) is 7.17. The van der Waals surface area contributed by atoms with Crippen molar-refractivity contribution in [1.82, 2.24) is 10.2 Å². The van der Waals surface area contributed by atoms with Crippen molar-refractivity contribution in [1.29, 1.82) is 0 Å². The highest BCUT2D eigenvalue weighted by Gasteiger charge is 2.27. The molecule has 1 fully saturated rings. The van der Waals surface area contributed by atoms with E-state index < -0.39 is 11.9 Å². The van der Waals surface area contributed by atoms with E-state index in [4.69, 9.17) is 4.74 Å². The zero-order valence-corrected chi connectivity index (χ0v) is 17.0. The van der Waals surface area contributed by atoms with Crippen LogP contribution < -0.4 is 5.32 Å². The fourth-order valence-electron chi connectivity index (χ4n) is 2.56. The maximum atomic E-state index is 11.9. The Hall–Kier alpha value is -2.81. The Bertz CT molecular complexity index is 765. The molecule has 0 atom stereocenters. The van der Waals surface area contributed by atoms with Crippen LogP contribution in [0.2, 0.25) is 0 Å². The molecule has 1 aromatic carbocycles. The molecule has 0 unspecified atom stereocenters. The second-order valence-electron chi connectivity index (χ2n) is 6.18. The van der Waals surface area contributed by atoms with Gasteiger partial charge in [0.15, 0.2) is 0 Å². The molecule has 0 spiro atoms. The lowest BCUT2D eigenvalue weighted by atomic mass is 10.1. The minimum atomic E-state index is -0.520. The fraction of sp³-hybridized carbons (Fsp3) is 0.400. The highest BCUT2D eigenvalue weighted by molar-refractivity contribution is 8.04. The Morgan fingerprint density at radius 1 is 1.24 bits per heavy atom. The number of esters is 2. The zero-order chi connectivity index (χ0) is 21.1. The third-order valence-corrected chi connectivity index (χ3v) is 5.03. The van der Waals surface area contributed by atoms with E-state index >= 15 is 0 Å². The third-order valence-electron chi connectivity index (χ3n) is 4.00. The van der Waals surface area contributed by atoms with E-state index in [1.807, 2.05) is 30.3 Å². The molecular formula is C20H24N2O6S. The quantitative estimate of drug-likeness (QED) is 0.345. The van der Waals surface area contributed by atoms with Crippen LogP contribution in [0.25, 0.3) is 0 Å². The van der Waals surface area contributed by atoms with Gasteiger partial charge in [-0.1, -0.05) is 42.1 Å². The number of hydrogen-bond donors (Lipinski definition) is 1. The number of thioether (sulfide) groups is 1. The predicted molar refractivity (Wildman–Crippen MR) is 108 cm³/mol. The van der Waals surface area contributed by atoms with Crippen molar-refractivity contribution in [3.63, 3.8) is 0 Å². The molecule has 8 nitrogen and oxygen atoms in total. The molecule has 0 radical (unpaired) electrons. The second kappa shape index (κ2) is 11.9. The summed E-state index contributed by atoms with van der Waals surface area (Å²) in [5.74, 6) is -0.923. The predicted octanol–water partition coefficient (Wildman–Crippen LogP) is 1.26. The highest BCUT2D eigenvalue weighted by atomic mass is 32.2. The number of carbonyl (C=O) groups excluding carboxylic acids is 4. The summed E-state index contributed by atoms with van der Waals surface area (Å²) in [5, 5.41) is 3.22. The van der Waals surface area contributed by atoms with Crippen LogP contribution in [0, 0.1) is 0 Å². The Morgan fingerprint density at radius 3 is 2.72 bits per heavy atom. The Balaban J connectivity index is 1.60. The van der Waals surface area contributed by atoms with Gasteiger partial charge in [-0.15, -0.1) is 0 Å². The van der Waals surface area contributed by atoms with Crippen molar-refractivity contribution in [3.8, 4) is 0 Å². The van der Waals surface area contributed by atoms with E-state index in [9.17, 15) is 19.2 Å². The lowest BCUT2D eigenvalue weighted by molar-refractivity contribution is -0.143. The monoisotopic (exact) mass is 420 g/mol. The molecule has 1 heterocycles. The molecule has 1 aliphatic heterocycles.